The molecule has 0 aromatic heterocycles. The van der Waals surface area contributed by atoms with Crippen molar-refractivity contribution < 1.29 is 28.7 Å². The number of hydrogen-bond donors (Lipinski definition) is 2. The van der Waals surface area contributed by atoms with Crippen molar-refractivity contribution in [2.75, 3.05) is 13.2 Å². The van der Waals surface area contributed by atoms with E-state index in [9.17, 15) is 19.2 Å². The van der Waals surface area contributed by atoms with Crippen LogP contribution in [0.25, 0.3) is 0 Å². The number of carbonyl (C=O) groups is 4. The summed E-state index contributed by atoms with van der Waals surface area (Å²) in [6.07, 6.45) is 7.52. The second kappa shape index (κ2) is 11.4. The average Bonchev–Trinajstić information content (AvgIpc) is 3.24. The molecule has 1 aliphatic carbocycles. The highest BCUT2D eigenvalue weighted by Gasteiger charge is 2.62. The van der Waals surface area contributed by atoms with Crippen molar-refractivity contribution in [2.24, 2.45) is 11.7 Å². The summed E-state index contributed by atoms with van der Waals surface area (Å²) in [6, 6.07) is 6.19. The quantitative estimate of drug-likeness (QED) is 0.446. The van der Waals surface area contributed by atoms with E-state index in [4.69, 9.17) is 15.2 Å². The molecule has 0 bridgehead atoms. The van der Waals surface area contributed by atoms with Crippen molar-refractivity contribution in [1.82, 2.24) is 15.1 Å². The molecule has 3 aliphatic heterocycles. The van der Waals surface area contributed by atoms with Gasteiger partial charge in [0.1, 0.15) is 17.7 Å². The normalized spacial score (nSPS) is 31.6. The van der Waals surface area contributed by atoms with Gasteiger partial charge in [-0.05, 0) is 43.7 Å². The predicted octanol–water partition coefficient (Wildman–Crippen LogP) is 2.39. The van der Waals surface area contributed by atoms with E-state index >= 15 is 0 Å². The lowest BCUT2D eigenvalue weighted by Gasteiger charge is -2.28. The first-order valence-corrected chi connectivity index (χ1v) is 14.1. The van der Waals surface area contributed by atoms with Crippen LogP contribution in [0, 0.1) is 5.92 Å². The van der Waals surface area contributed by atoms with Crippen LogP contribution in [0.2, 0.25) is 0 Å². The van der Waals surface area contributed by atoms with E-state index in [1.54, 1.807) is 11.8 Å². The van der Waals surface area contributed by atoms with Gasteiger partial charge < -0.3 is 25.4 Å². The Morgan fingerprint density at radius 3 is 2.59 bits per heavy atom. The lowest BCUT2D eigenvalue weighted by atomic mass is 10.1. The van der Waals surface area contributed by atoms with Crippen LogP contribution in [0.4, 0.5) is 4.79 Å². The summed E-state index contributed by atoms with van der Waals surface area (Å²) in [4.78, 5) is 56.1. The molecule has 3 N–H and O–H groups in total. The van der Waals surface area contributed by atoms with Gasteiger partial charge in [-0.15, -0.1) is 0 Å². The Morgan fingerprint density at radius 1 is 1.13 bits per heavy atom. The van der Waals surface area contributed by atoms with Crippen LogP contribution in [0.1, 0.15) is 63.0 Å². The number of allylic oxidation sites excluding steroid dienone is 1. The Bertz CT molecular complexity index is 1130. The lowest BCUT2D eigenvalue weighted by Crippen LogP contribution is -2.55. The highest BCUT2D eigenvalue weighted by atomic mass is 16.6. The number of carbonyl (C=O) groups excluding carboxylic acids is 4. The van der Waals surface area contributed by atoms with Crippen LogP contribution in [0.15, 0.2) is 36.4 Å². The molecule has 0 spiro atoms. The Morgan fingerprint density at radius 2 is 1.87 bits per heavy atom. The molecule has 5 atom stereocenters. The second-order valence-electron chi connectivity index (χ2n) is 11.0. The Hall–Kier alpha value is -3.40. The van der Waals surface area contributed by atoms with Crippen molar-refractivity contribution in [3.8, 4) is 0 Å². The fourth-order valence-corrected chi connectivity index (χ4v) is 5.97. The molecule has 1 aromatic carbocycles. The molecule has 3 amide bonds. The molecule has 210 valence electrons. The van der Waals surface area contributed by atoms with Gasteiger partial charge in [-0.3, -0.25) is 14.5 Å². The lowest BCUT2D eigenvalue weighted by molar-refractivity contribution is -0.150. The topological polar surface area (TPSA) is 131 Å². The van der Waals surface area contributed by atoms with Crippen LogP contribution in [0.3, 0.4) is 0 Å². The molecule has 3 heterocycles. The molecular formula is C29H38N4O6. The minimum Gasteiger partial charge on any atom is -0.464 e. The molecule has 10 nitrogen and oxygen atoms in total. The molecule has 5 rings (SSSR count). The monoisotopic (exact) mass is 538 g/mol. The zero-order chi connectivity index (χ0) is 27.6. The molecule has 1 saturated heterocycles. The number of nitrogens with zero attached hydrogens (tertiary/aromatic N) is 2. The Labute approximate surface area is 228 Å². The van der Waals surface area contributed by atoms with Gasteiger partial charge in [0.25, 0.3) is 0 Å². The molecule has 1 saturated carbocycles. The minimum absolute atomic E-state index is 0.0763. The minimum atomic E-state index is -1.14. The number of benzene rings is 1. The summed E-state index contributed by atoms with van der Waals surface area (Å²) < 4.78 is 11.1. The van der Waals surface area contributed by atoms with Crippen LogP contribution < -0.4 is 11.1 Å². The fourth-order valence-electron chi connectivity index (χ4n) is 5.97. The molecule has 10 heteroatoms. The largest absolute Gasteiger partial charge is 0.464 e. The SMILES string of the molecule is CCOC(=O)[C@@]12C[C@H]1/C=C\CCCCC[C@H](N)C(=O)N1C[C@H](OC(=O)N3Cc4ccccc4C3)C[C@H]1C(=O)N2. The van der Waals surface area contributed by atoms with Gasteiger partial charge in [0.05, 0.1) is 19.2 Å². The van der Waals surface area contributed by atoms with Gasteiger partial charge in [-0.2, -0.15) is 0 Å². The van der Waals surface area contributed by atoms with E-state index in [0.717, 1.165) is 36.8 Å². The van der Waals surface area contributed by atoms with E-state index in [-0.39, 0.29) is 31.4 Å². The molecule has 0 radical (unpaired) electrons. The van der Waals surface area contributed by atoms with E-state index in [1.807, 2.05) is 30.3 Å². The van der Waals surface area contributed by atoms with Crippen molar-refractivity contribution in [1.29, 1.82) is 0 Å². The number of hydrogen-bond acceptors (Lipinski definition) is 7. The standard InChI is InChI=1S/C29H38N4O6/c1-2-38-27(36)29-15-21(29)12-6-4-3-5-7-13-23(30)26(35)33-18-22(14-24(33)25(34)31-29)39-28(37)32-16-19-10-8-9-11-20(19)17-32/h6,8-12,21-24H,2-5,7,13-18,30H2,1H3,(H,31,34)/b12-6-/t21-,22-,23+,24+,29-/m1/s1. The third-order valence-electron chi connectivity index (χ3n) is 8.29. The van der Waals surface area contributed by atoms with Gasteiger partial charge in [0.15, 0.2) is 0 Å². The molecule has 39 heavy (non-hydrogen) atoms. The van der Waals surface area contributed by atoms with Crippen molar-refractivity contribution in [3.05, 3.63) is 47.5 Å². The first-order chi connectivity index (χ1) is 18.8. The number of ether oxygens (including phenoxy) is 2. The Balaban J connectivity index is 1.33. The number of esters is 1. The van der Waals surface area contributed by atoms with E-state index in [0.29, 0.717) is 25.9 Å². The van der Waals surface area contributed by atoms with Crippen molar-refractivity contribution in [3.63, 3.8) is 0 Å². The summed E-state index contributed by atoms with van der Waals surface area (Å²) in [5.74, 6) is -1.43. The number of rotatable bonds is 3. The highest BCUT2D eigenvalue weighted by molar-refractivity contribution is 5.96. The third kappa shape index (κ3) is 5.66. The highest BCUT2D eigenvalue weighted by Crippen LogP contribution is 2.46. The number of fused-ring (bicyclic) bond motifs is 3. The van der Waals surface area contributed by atoms with Crippen molar-refractivity contribution >= 4 is 23.9 Å². The van der Waals surface area contributed by atoms with Gasteiger partial charge >= 0.3 is 12.1 Å². The van der Waals surface area contributed by atoms with Crippen LogP contribution in [-0.2, 0) is 36.9 Å². The first kappa shape index (κ1) is 27.2. The van der Waals surface area contributed by atoms with Gasteiger partial charge in [0.2, 0.25) is 11.8 Å². The molecule has 1 aromatic rings. The molecule has 2 fully saturated rings. The van der Waals surface area contributed by atoms with E-state index in [2.05, 4.69) is 11.4 Å². The van der Waals surface area contributed by atoms with Gasteiger partial charge in [-0.1, -0.05) is 49.3 Å². The maximum atomic E-state index is 13.6. The maximum absolute atomic E-state index is 13.6. The number of amides is 3. The number of nitrogens with one attached hydrogen (secondary N) is 1. The summed E-state index contributed by atoms with van der Waals surface area (Å²) in [7, 11) is 0. The van der Waals surface area contributed by atoms with Crippen molar-refractivity contribution in [2.45, 2.75) is 88.7 Å². The summed E-state index contributed by atoms with van der Waals surface area (Å²) in [6.45, 7) is 2.92. The van der Waals surface area contributed by atoms with E-state index < -0.39 is 41.7 Å². The van der Waals surface area contributed by atoms with Crippen LogP contribution in [-0.4, -0.2) is 70.6 Å². The van der Waals surface area contributed by atoms with E-state index in [1.165, 1.54) is 4.90 Å². The average molecular weight is 539 g/mol. The zero-order valence-electron chi connectivity index (χ0n) is 22.5. The van der Waals surface area contributed by atoms with Crippen LogP contribution in [0.5, 0.6) is 0 Å². The summed E-state index contributed by atoms with van der Waals surface area (Å²) >= 11 is 0. The smallest absolute Gasteiger partial charge is 0.410 e. The summed E-state index contributed by atoms with van der Waals surface area (Å²) in [5.41, 5.74) is 7.29. The third-order valence-corrected chi connectivity index (χ3v) is 8.29. The predicted molar refractivity (Wildman–Crippen MR) is 142 cm³/mol. The number of nitrogens with two attached hydrogens (primary N) is 1. The van der Waals surface area contributed by atoms with Crippen LogP contribution >= 0.6 is 0 Å². The summed E-state index contributed by atoms with van der Waals surface area (Å²) in [5, 5.41) is 2.92. The van der Waals surface area contributed by atoms with Gasteiger partial charge in [-0.25, -0.2) is 9.59 Å². The molecular weight excluding hydrogens is 500 g/mol. The second-order valence-corrected chi connectivity index (χ2v) is 11.0. The Kier molecular flexibility index (Phi) is 7.93. The zero-order valence-corrected chi connectivity index (χ0v) is 22.5. The molecule has 4 aliphatic rings. The fraction of sp³-hybridized carbons (Fsp3) is 0.586. The van der Waals surface area contributed by atoms with Gasteiger partial charge in [0, 0.05) is 25.4 Å². The molecule has 0 unspecified atom stereocenters. The maximum Gasteiger partial charge on any atom is 0.410 e. The first-order valence-electron chi connectivity index (χ1n) is 14.1.